The first-order chi connectivity index (χ1) is 11.6. The molecule has 1 aliphatic rings. The van der Waals surface area contributed by atoms with Crippen molar-refractivity contribution in [1.29, 1.82) is 0 Å². The molecule has 1 aliphatic heterocycles. The summed E-state index contributed by atoms with van der Waals surface area (Å²) in [4.78, 5) is 15.8. The zero-order valence-corrected chi connectivity index (χ0v) is 14.4. The van der Waals surface area contributed by atoms with E-state index in [4.69, 9.17) is 11.6 Å². The number of hydrogen-bond acceptors (Lipinski definition) is 4. The van der Waals surface area contributed by atoms with E-state index in [-0.39, 0.29) is 17.9 Å². The smallest absolute Gasteiger partial charge is 0.276 e. The molecule has 0 bridgehead atoms. The van der Waals surface area contributed by atoms with Gasteiger partial charge in [-0.15, -0.1) is 5.10 Å². The van der Waals surface area contributed by atoms with E-state index in [9.17, 15) is 9.90 Å². The van der Waals surface area contributed by atoms with Crippen LogP contribution in [-0.4, -0.2) is 50.6 Å². The lowest BCUT2D eigenvalue weighted by molar-refractivity contribution is 0.0334. The Kier molecular flexibility index (Phi) is 4.87. The average molecular weight is 349 g/mol. The molecule has 6 nitrogen and oxygen atoms in total. The van der Waals surface area contributed by atoms with E-state index in [1.54, 1.807) is 17.0 Å². The number of nitrogens with zero attached hydrogens (tertiary/aromatic N) is 4. The summed E-state index contributed by atoms with van der Waals surface area (Å²) in [6.45, 7) is 3.54. The van der Waals surface area contributed by atoms with Crippen molar-refractivity contribution in [3.8, 4) is 5.69 Å². The maximum absolute atomic E-state index is 12.6. The molecule has 2 heterocycles. The summed E-state index contributed by atoms with van der Waals surface area (Å²) >= 11 is 5.98. The highest BCUT2D eigenvalue weighted by molar-refractivity contribution is 6.30. The molecule has 0 saturated carbocycles. The Hall–Kier alpha value is -1.92. The van der Waals surface area contributed by atoms with Crippen LogP contribution in [-0.2, 0) is 0 Å². The van der Waals surface area contributed by atoms with Crippen molar-refractivity contribution in [2.45, 2.75) is 26.2 Å². The number of amides is 1. The molecule has 0 aliphatic carbocycles. The zero-order chi connectivity index (χ0) is 17.2. The Balaban J connectivity index is 1.71. The van der Waals surface area contributed by atoms with E-state index in [1.165, 1.54) is 11.0 Å². The fourth-order valence-corrected chi connectivity index (χ4v) is 3.24. The molecule has 1 N–H and O–H groups in total. The van der Waals surface area contributed by atoms with E-state index in [1.807, 2.05) is 12.1 Å². The van der Waals surface area contributed by atoms with Gasteiger partial charge in [0.1, 0.15) is 0 Å². The fourth-order valence-electron chi connectivity index (χ4n) is 3.06. The number of piperidine rings is 1. The van der Waals surface area contributed by atoms with E-state index < -0.39 is 0 Å². The minimum Gasteiger partial charge on any atom is -0.396 e. The van der Waals surface area contributed by atoms with Crippen LogP contribution < -0.4 is 0 Å². The van der Waals surface area contributed by atoms with Crippen molar-refractivity contribution in [2.75, 3.05) is 19.7 Å². The molecule has 24 heavy (non-hydrogen) atoms. The summed E-state index contributed by atoms with van der Waals surface area (Å²) in [5, 5.41) is 18.6. The van der Waals surface area contributed by atoms with Gasteiger partial charge >= 0.3 is 0 Å². The van der Waals surface area contributed by atoms with Crippen LogP contribution in [0.25, 0.3) is 5.69 Å². The van der Waals surface area contributed by atoms with Crippen molar-refractivity contribution in [1.82, 2.24) is 19.9 Å². The molecule has 1 fully saturated rings. The van der Waals surface area contributed by atoms with Crippen molar-refractivity contribution in [2.24, 2.45) is 5.41 Å². The predicted octanol–water partition coefficient (Wildman–Crippen LogP) is 2.55. The highest BCUT2D eigenvalue weighted by Crippen LogP contribution is 2.34. The van der Waals surface area contributed by atoms with Gasteiger partial charge in [-0.25, -0.2) is 0 Å². The van der Waals surface area contributed by atoms with Gasteiger partial charge < -0.3 is 10.0 Å². The number of benzene rings is 1. The van der Waals surface area contributed by atoms with Crippen LogP contribution in [0.15, 0.2) is 30.5 Å². The largest absolute Gasteiger partial charge is 0.396 e. The Morgan fingerprint density at radius 3 is 2.75 bits per heavy atom. The summed E-state index contributed by atoms with van der Waals surface area (Å²) < 4.78 is 0. The molecule has 1 aromatic carbocycles. The van der Waals surface area contributed by atoms with Crippen molar-refractivity contribution in [3.05, 3.63) is 41.2 Å². The molecule has 0 unspecified atom stereocenters. The minimum atomic E-state index is -0.120. The maximum atomic E-state index is 12.6. The Morgan fingerprint density at radius 2 is 2.12 bits per heavy atom. The molecular formula is C17H21ClN4O2. The molecule has 2 aromatic rings. The number of carbonyl (C=O) groups excluding carboxylic acids is 1. The topological polar surface area (TPSA) is 71.2 Å². The van der Waals surface area contributed by atoms with Gasteiger partial charge in [0.15, 0.2) is 5.69 Å². The van der Waals surface area contributed by atoms with Gasteiger partial charge in [0.25, 0.3) is 5.91 Å². The number of aliphatic hydroxyl groups excluding tert-OH is 1. The van der Waals surface area contributed by atoms with E-state index >= 15 is 0 Å². The van der Waals surface area contributed by atoms with Crippen LogP contribution in [0, 0.1) is 5.41 Å². The van der Waals surface area contributed by atoms with Gasteiger partial charge in [0, 0.05) is 24.7 Å². The molecule has 0 radical (unpaired) electrons. The third-order valence-corrected chi connectivity index (χ3v) is 5.18. The van der Waals surface area contributed by atoms with Crippen LogP contribution in [0.2, 0.25) is 5.02 Å². The molecule has 1 amide bonds. The molecule has 128 valence electrons. The van der Waals surface area contributed by atoms with Crippen LogP contribution in [0.3, 0.4) is 0 Å². The first-order valence-corrected chi connectivity index (χ1v) is 8.53. The fraction of sp³-hybridized carbons (Fsp3) is 0.471. The van der Waals surface area contributed by atoms with Crippen LogP contribution in [0.5, 0.6) is 0 Å². The minimum absolute atomic E-state index is 0.0465. The van der Waals surface area contributed by atoms with E-state index in [0.29, 0.717) is 29.5 Å². The molecular weight excluding hydrogens is 328 g/mol. The van der Waals surface area contributed by atoms with Gasteiger partial charge in [-0.3, -0.25) is 4.79 Å². The second kappa shape index (κ2) is 6.91. The Morgan fingerprint density at radius 1 is 1.38 bits per heavy atom. The third-order valence-electron chi connectivity index (χ3n) is 4.95. The predicted molar refractivity (Wildman–Crippen MR) is 91.3 cm³/mol. The van der Waals surface area contributed by atoms with Gasteiger partial charge in [-0.2, -0.15) is 9.90 Å². The van der Waals surface area contributed by atoms with Gasteiger partial charge in [0.2, 0.25) is 0 Å². The third kappa shape index (κ3) is 3.30. The first kappa shape index (κ1) is 16.9. The molecule has 3 rings (SSSR count). The van der Waals surface area contributed by atoms with Crippen LogP contribution in [0.4, 0.5) is 0 Å². The Bertz CT molecular complexity index is 717. The van der Waals surface area contributed by atoms with E-state index in [2.05, 4.69) is 17.1 Å². The lowest BCUT2D eigenvalue weighted by atomic mass is 9.77. The monoisotopic (exact) mass is 348 g/mol. The summed E-state index contributed by atoms with van der Waals surface area (Å²) in [6, 6.07) is 7.16. The van der Waals surface area contributed by atoms with Crippen molar-refractivity contribution < 1.29 is 9.90 Å². The second-order valence-corrected chi connectivity index (χ2v) is 6.74. The summed E-state index contributed by atoms with van der Waals surface area (Å²) in [5.41, 5.74) is 0.989. The number of carbonyl (C=O) groups is 1. The lowest BCUT2D eigenvalue weighted by Gasteiger charge is -2.39. The number of halogens is 1. The van der Waals surface area contributed by atoms with Crippen LogP contribution in [0.1, 0.15) is 36.7 Å². The Labute approximate surface area is 146 Å². The summed E-state index contributed by atoms with van der Waals surface area (Å²) in [7, 11) is 0. The normalized spacial score (nSPS) is 17.0. The van der Waals surface area contributed by atoms with Crippen LogP contribution >= 0.6 is 11.6 Å². The number of likely N-dealkylation sites (tertiary alicyclic amines) is 1. The molecule has 0 spiro atoms. The quantitative estimate of drug-likeness (QED) is 0.921. The number of aliphatic hydroxyl groups is 1. The second-order valence-electron chi connectivity index (χ2n) is 6.30. The van der Waals surface area contributed by atoms with Gasteiger partial charge in [-0.1, -0.05) is 24.6 Å². The van der Waals surface area contributed by atoms with Gasteiger partial charge in [-0.05, 0) is 42.9 Å². The average Bonchev–Trinajstić information content (AvgIpc) is 3.11. The highest BCUT2D eigenvalue weighted by Gasteiger charge is 2.34. The summed E-state index contributed by atoms with van der Waals surface area (Å²) in [5.74, 6) is -0.120. The number of hydrogen-bond donors (Lipinski definition) is 1. The first-order valence-electron chi connectivity index (χ1n) is 8.15. The van der Waals surface area contributed by atoms with E-state index in [0.717, 1.165) is 19.3 Å². The lowest BCUT2D eigenvalue weighted by Crippen LogP contribution is -2.44. The van der Waals surface area contributed by atoms with Crippen molar-refractivity contribution >= 4 is 17.5 Å². The number of aromatic nitrogens is 3. The molecule has 0 atom stereocenters. The van der Waals surface area contributed by atoms with Gasteiger partial charge in [0.05, 0.1) is 11.9 Å². The molecule has 1 aromatic heterocycles. The summed E-state index contributed by atoms with van der Waals surface area (Å²) in [6.07, 6.45) is 4.04. The zero-order valence-electron chi connectivity index (χ0n) is 13.7. The number of rotatable bonds is 4. The van der Waals surface area contributed by atoms with Crippen molar-refractivity contribution in [3.63, 3.8) is 0 Å². The maximum Gasteiger partial charge on any atom is 0.276 e. The standard InChI is InChI=1S/C17H21ClN4O2/c1-2-17(12-23)6-8-21(9-7-17)16(24)15-11-19-22(20-15)14-5-3-4-13(18)10-14/h3-5,10-11,23H,2,6-9,12H2,1H3. The molecule has 7 heteroatoms. The SMILES string of the molecule is CCC1(CO)CCN(C(=O)c2cnn(-c3cccc(Cl)c3)n2)CC1. The molecule has 1 saturated heterocycles. The highest BCUT2D eigenvalue weighted by atomic mass is 35.5.